The van der Waals surface area contributed by atoms with Gasteiger partial charge in [0.2, 0.25) is 0 Å². The molecule has 1 aromatic carbocycles. The minimum atomic E-state index is -4.42. The fourth-order valence-electron chi connectivity index (χ4n) is 2.24. The number of thiazole rings is 1. The minimum Gasteiger partial charge on any atom is -0.355 e. The Morgan fingerprint density at radius 2 is 1.79 bits per heavy atom. The Morgan fingerprint density at radius 1 is 1.14 bits per heavy atom. The topological polar surface area (TPSA) is 78.4 Å². The number of benzene rings is 1. The van der Waals surface area contributed by atoms with Crippen LogP contribution in [0.3, 0.4) is 0 Å². The molecular weight excluding hydrogens is 518 g/mol. The number of rotatable bonds is 7. The van der Waals surface area contributed by atoms with Crippen LogP contribution < -0.4 is 16.0 Å². The van der Waals surface area contributed by atoms with E-state index in [4.69, 9.17) is 0 Å². The normalized spacial score (nSPS) is 11.6. The SMILES string of the molecule is CCc1cnc(CNC(=NC)NCCNC(=O)c2ccc(C(F)(F)F)cc2)s1.I. The smallest absolute Gasteiger partial charge is 0.355 e. The molecule has 1 amide bonds. The molecule has 1 aromatic heterocycles. The predicted molar refractivity (Wildman–Crippen MR) is 119 cm³/mol. The average molecular weight is 541 g/mol. The lowest BCUT2D eigenvalue weighted by Gasteiger charge is -2.12. The van der Waals surface area contributed by atoms with Gasteiger partial charge < -0.3 is 16.0 Å². The van der Waals surface area contributed by atoms with Crippen molar-refractivity contribution >= 4 is 47.2 Å². The van der Waals surface area contributed by atoms with Gasteiger partial charge in [0.05, 0.1) is 12.1 Å². The van der Waals surface area contributed by atoms with E-state index in [-0.39, 0.29) is 36.1 Å². The molecule has 0 aliphatic rings. The van der Waals surface area contributed by atoms with Gasteiger partial charge >= 0.3 is 6.18 Å². The van der Waals surface area contributed by atoms with Gasteiger partial charge in [-0.25, -0.2) is 4.98 Å². The molecule has 3 N–H and O–H groups in total. The number of halogens is 4. The minimum absolute atomic E-state index is 0. The number of guanidine groups is 1. The summed E-state index contributed by atoms with van der Waals surface area (Å²) in [7, 11) is 1.63. The summed E-state index contributed by atoms with van der Waals surface area (Å²) in [6.45, 7) is 3.31. The first-order valence-electron chi connectivity index (χ1n) is 8.67. The van der Waals surface area contributed by atoms with Gasteiger partial charge in [-0.1, -0.05) is 6.92 Å². The van der Waals surface area contributed by atoms with Crippen LogP contribution in [-0.4, -0.2) is 37.0 Å². The molecule has 11 heteroatoms. The molecule has 0 bridgehead atoms. The molecule has 0 aliphatic heterocycles. The van der Waals surface area contributed by atoms with Crippen LogP contribution in [0.25, 0.3) is 0 Å². The van der Waals surface area contributed by atoms with Gasteiger partial charge in [0.1, 0.15) is 5.01 Å². The van der Waals surface area contributed by atoms with E-state index >= 15 is 0 Å². The number of alkyl halides is 3. The van der Waals surface area contributed by atoms with Crippen molar-refractivity contribution in [2.45, 2.75) is 26.1 Å². The maximum atomic E-state index is 12.5. The lowest BCUT2D eigenvalue weighted by atomic mass is 10.1. The van der Waals surface area contributed by atoms with E-state index in [1.807, 2.05) is 6.20 Å². The third-order valence-corrected chi connectivity index (χ3v) is 4.90. The number of aryl methyl sites for hydroxylation is 1. The van der Waals surface area contributed by atoms with Gasteiger partial charge in [0, 0.05) is 36.8 Å². The number of nitrogens with zero attached hydrogens (tertiary/aromatic N) is 2. The predicted octanol–water partition coefficient (Wildman–Crippen LogP) is 3.44. The molecule has 0 saturated heterocycles. The van der Waals surface area contributed by atoms with Crippen molar-refractivity contribution in [1.82, 2.24) is 20.9 Å². The second kappa shape index (κ2) is 12.0. The molecule has 0 unspecified atom stereocenters. The summed E-state index contributed by atoms with van der Waals surface area (Å²) in [5.41, 5.74) is -0.613. The zero-order chi connectivity index (χ0) is 20.6. The lowest BCUT2D eigenvalue weighted by molar-refractivity contribution is -0.137. The van der Waals surface area contributed by atoms with E-state index < -0.39 is 17.6 Å². The first-order valence-corrected chi connectivity index (χ1v) is 9.48. The van der Waals surface area contributed by atoms with Gasteiger partial charge in [-0.3, -0.25) is 9.79 Å². The summed E-state index contributed by atoms with van der Waals surface area (Å²) in [6, 6.07) is 4.10. The molecular formula is C18H23F3IN5OS. The van der Waals surface area contributed by atoms with Crippen LogP contribution in [0.2, 0.25) is 0 Å². The summed E-state index contributed by atoms with van der Waals surface area (Å²) in [5.74, 6) is 0.130. The largest absolute Gasteiger partial charge is 0.416 e. The van der Waals surface area contributed by atoms with Crippen LogP contribution in [0.15, 0.2) is 35.5 Å². The van der Waals surface area contributed by atoms with Crippen molar-refractivity contribution in [3.8, 4) is 0 Å². The molecule has 0 fully saturated rings. The molecule has 1 heterocycles. The number of aromatic nitrogens is 1. The molecule has 0 saturated carbocycles. The number of carbonyl (C=O) groups is 1. The monoisotopic (exact) mass is 541 g/mol. The van der Waals surface area contributed by atoms with Gasteiger partial charge in [0.25, 0.3) is 5.91 Å². The lowest BCUT2D eigenvalue weighted by Crippen LogP contribution is -2.41. The van der Waals surface area contributed by atoms with E-state index in [9.17, 15) is 18.0 Å². The van der Waals surface area contributed by atoms with Crippen molar-refractivity contribution < 1.29 is 18.0 Å². The molecule has 29 heavy (non-hydrogen) atoms. The van der Waals surface area contributed by atoms with Crippen LogP contribution in [0.1, 0.15) is 32.7 Å². The highest BCUT2D eigenvalue weighted by Crippen LogP contribution is 2.29. The number of aliphatic imine (C=N–C) groups is 1. The standard InChI is InChI=1S/C18H22F3N5OS.HI/c1-3-14-10-25-15(28-14)11-26-17(22-2)24-9-8-23-16(27)12-4-6-13(7-5-12)18(19,20)21;/h4-7,10H,3,8-9,11H2,1-2H3,(H,23,27)(H2,22,24,26);1H. The first-order chi connectivity index (χ1) is 13.3. The van der Waals surface area contributed by atoms with Crippen LogP contribution in [0, 0.1) is 0 Å². The first kappa shape index (κ1) is 25.1. The van der Waals surface area contributed by atoms with Gasteiger partial charge in [0.15, 0.2) is 5.96 Å². The fraction of sp³-hybridized carbons (Fsp3) is 0.389. The molecule has 2 aromatic rings. The molecule has 0 atom stereocenters. The van der Waals surface area contributed by atoms with Crippen LogP contribution in [0.4, 0.5) is 13.2 Å². The van der Waals surface area contributed by atoms with Crippen molar-refractivity contribution in [1.29, 1.82) is 0 Å². The van der Waals surface area contributed by atoms with Gasteiger partial charge in [-0.15, -0.1) is 35.3 Å². The number of nitrogens with one attached hydrogen (secondary N) is 3. The Balaban J connectivity index is 0.00000420. The summed E-state index contributed by atoms with van der Waals surface area (Å²) in [6.07, 6.45) is -1.61. The Bertz CT molecular complexity index is 809. The summed E-state index contributed by atoms with van der Waals surface area (Å²) < 4.78 is 37.6. The van der Waals surface area contributed by atoms with Crippen LogP contribution in [-0.2, 0) is 19.1 Å². The van der Waals surface area contributed by atoms with Gasteiger partial charge in [-0.05, 0) is 30.7 Å². The van der Waals surface area contributed by atoms with Crippen molar-refractivity contribution in [2.75, 3.05) is 20.1 Å². The third kappa shape index (κ3) is 8.17. The number of amides is 1. The summed E-state index contributed by atoms with van der Waals surface area (Å²) >= 11 is 1.63. The zero-order valence-corrected chi connectivity index (χ0v) is 19.1. The highest BCUT2D eigenvalue weighted by atomic mass is 127. The van der Waals surface area contributed by atoms with Crippen molar-refractivity contribution in [3.05, 3.63) is 51.5 Å². The molecule has 0 radical (unpaired) electrons. The summed E-state index contributed by atoms with van der Waals surface area (Å²) in [4.78, 5) is 21.6. The van der Waals surface area contributed by atoms with E-state index in [0.717, 1.165) is 35.7 Å². The van der Waals surface area contributed by atoms with Crippen LogP contribution >= 0.6 is 35.3 Å². The average Bonchev–Trinajstić information content (AvgIpc) is 3.14. The maximum absolute atomic E-state index is 12.5. The highest BCUT2D eigenvalue weighted by molar-refractivity contribution is 14.0. The van der Waals surface area contributed by atoms with Crippen molar-refractivity contribution in [2.24, 2.45) is 4.99 Å². The van der Waals surface area contributed by atoms with E-state index in [1.165, 1.54) is 4.88 Å². The molecule has 0 aliphatic carbocycles. The third-order valence-electron chi connectivity index (χ3n) is 3.76. The van der Waals surface area contributed by atoms with Crippen molar-refractivity contribution in [3.63, 3.8) is 0 Å². The maximum Gasteiger partial charge on any atom is 0.416 e. The Kier molecular flexibility index (Phi) is 10.4. The van der Waals surface area contributed by atoms with E-state index in [2.05, 4.69) is 32.9 Å². The quantitative estimate of drug-likeness (QED) is 0.217. The van der Waals surface area contributed by atoms with E-state index in [0.29, 0.717) is 19.0 Å². The van der Waals surface area contributed by atoms with E-state index in [1.54, 1.807) is 18.4 Å². The number of carbonyl (C=O) groups excluding carboxylic acids is 1. The second-order valence-corrected chi connectivity index (χ2v) is 6.96. The van der Waals surface area contributed by atoms with Gasteiger partial charge in [-0.2, -0.15) is 13.2 Å². The molecule has 0 spiro atoms. The molecule has 160 valence electrons. The summed E-state index contributed by atoms with van der Waals surface area (Å²) in [5, 5.41) is 9.78. The zero-order valence-electron chi connectivity index (χ0n) is 16.0. The highest BCUT2D eigenvalue weighted by Gasteiger charge is 2.30. The van der Waals surface area contributed by atoms with Crippen LogP contribution in [0.5, 0.6) is 0 Å². The number of hydrogen-bond donors (Lipinski definition) is 3. The number of hydrogen-bond acceptors (Lipinski definition) is 4. The fourth-order valence-corrected chi connectivity index (χ4v) is 3.04. The Hall–Kier alpha value is -1.89. The second-order valence-electron chi connectivity index (χ2n) is 5.76. The Labute approximate surface area is 188 Å². The molecule has 6 nitrogen and oxygen atoms in total. The molecule has 2 rings (SSSR count). The Morgan fingerprint density at radius 3 is 2.34 bits per heavy atom.